The molecule has 1 unspecified atom stereocenters. The van der Waals surface area contributed by atoms with Gasteiger partial charge in [-0.2, -0.15) is 13.2 Å². The van der Waals surface area contributed by atoms with Gasteiger partial charge in [0.05, 0.1) is 30.0 Å². The molecule has 2 amide bonds. The van der Waals surface area contributed by atoms with Gasteiger partial charge in [-0.15, -0.1) is 0 Å². The van der Waals surface area contributed by atoms with E-state index in [0.717, 1.165) is 12.1 Å². The van der Waals surface area contributed by atoms with E-state index in [1.807, 2.05) is 22.6 Å². The normalized spacial score (nSPS) is 17.6. The van der Waals surface area contributed by atoms with Gasteiger partial charge >= 0.3 is 6.18 Å². The summed E-state index contributed by atoms with van der Waals surface area (Å²) in [5, 5.41) is 2.52. The van der Waals surface area contributed by atoms with Gasteiger partial charge in [-0.1, -0.05) is 0 Å². The van der Waals surface area contributed by atoms with Gasteiger partial charge in [-0.25, -0.2) is 0 Å². The molecule has 0 bridgehead atoms. The van der Waals surface area contributed by atoms with E-state index in [1.165, 1.54) is 17.2 Å². The third-order valence-electron chi connectivity index (χ3n) is 4.06. The highest BCUT2D eigenvalue weighted by Gasteiger charge is 2.35. The van der Waals surface area contributed by atoms with Crippen LogP contribution in [0.25, 0.3) is 0 Å². The summed E-state index contributed by atoms with van der Waals surface area (Å²) in [6.45, 7) is 0.456. The van der Waals surface area contributed by atoms with Crippen LogP contribution in [0.3, 0.4) is 0 Å². The van der Waals surface area contributed by atoms with Crippen LogP contribution in [-0.4, -0.2) is 23.3 Å². The highest BCUT2D eigenvalue weighted by atomic mass is 127. The molecule has 0 saturated carbocycles. The van der Waals surface area contributed by atoms with Gasteiger partial charge in [0.25, 0.3) is 0 Å². The molecule has 9 heteroatoms. The number of benzene rings is 1. The molecule has 5 nitrogen and oxygen atoms in total. The third-order valence-corrected chi connectivity index (χ3v) is 5.00. The Balaban J connectivity index is 1.68. The average Bonchev–Trinajstić information content (AvgIpc) is 3.19. The molecule has 2 aromatic rings. The van der Waals surface area contributed by atoms with Crippen molar-refractivity contribution in [2.75, 3.05) is 11.9 Å². The molecule has 138 valence electrons. The topological polar surface area (TPSA) is 62.6 Å². The molecule has 0 aliphatic carbocycles. The quantitative estimate of drug-likeness (QED) is 0.679. The number of carbonyl (C=O) groups excluding carboxylic acids is 2. The van der Waals surface area contributed by atoms with Crippen molar-refractivity contribution in [2.45, 2.75) is 19.1 Å². The summed E-state index contributed by atoms with van der Waals surface area (Å²) < 4.78 is 44.2. The molecule has 3 rings (SSSR count). The lowest BCUT2D eigenvalue weighted by atomic mass is 10.1. The van der Waals surface area contributed by atoms with Crippen LogP contribution in [0.1, 0.15) is 17.7 Å². The van der Waals surface area contributed by atoms with Crippen molar-refractivity contribution in [3.63, 3.8) is 0 Å². The Bertz CT molecular complexity index is 821. The van der Waals surface area contributed by atoms with E-state index in [0.29, 0.717) is 9.33 Å². The Morgan fingerprint density at radius 2 is 2.12 bits per heavy atom. The number of amides is 2. The summed E-state index contributed by atoms with van der Waals surface area (Å²) >= 11 is 1.85. The molecule has 0 radical (unpaired) electrons. The van der Waals surface area contributed by atoms with E-state index in [1.54, 1.807) is 12.1 Å². The zero-order valence-corrected chi connectivity index (χ0v) is 15.5. The van der Waals surface area contributed by atoms with E-state index in [4.69, 9.17) is 4.42 Å². The van der Waals surface area contributed by atoms with Gasteiger partial charge in [-0.3, -0.25) is 9.59 Å². The number of alkyl halides is 3. The fourth-order valence-corrected chi connectivity index (χ4v) is 3.19. The van der Waals surface area contributed by atoms with Crippen molar-refractivity contribution >= 4 is 40.1 Å². The van der Waals surface area contributed by atoms with Gasteiger partial charge < -0.3 is 14.6 Å². The second kappa shape index (κ2) is 7.29. The average molecular weight is 478 g/mol. The number of likely N-dealkylation sites (tertiary alicyclic amines) is 1. The summed E-state index contributed by atoms with van der Waals surface area (Å²) in [6.07, 6.45) is -2.98. The molecule has 1 aliphatic rings. The Hall–Kier alpha value is -2.04. The standard InChI is InChI=1S/C17H14F3IN2O3/c18-17(19,20)11-3-4-13(21)14(7-11)22-16(25)10-6-15(24)23(8-10)9-12-2-1-5-26-12/h1-5,7,10H,6,8-9H2,(H,22,25). The second-order valence-corrected chi connectivity index (χ2v) is 7.10. The van der Waals surface area contributed by atoms with Gasteiger partial charge in [0.2, 0.25) is 11.8 Å². The maximum absolute atomic E-state index is 12.8. The van der Waals surface area contributed by atoms with Crippen LogP contribution in [-0.2, 0) is 22.3 Å². The molecule has 1 aromatic carbocycles. The lowest BCUT2D eigenvalue weighted by molar-refractivity contribution is -0.137. The molecule has 1 fully saturated rings. The van der Waals surface area contributed by atoms with Gasteiger partial charge in [0, 0.05) is 16.5 Å². The van der Waals surface area contributed by atoms with E-state index >= 15 is 0 Å². The molecule has 26 heavy (non-hydrogen) atoms. The fraction of sp³-hybridized carbons (Fsp3) is 0.294. The molecular formula is C17H14F3IN2O3. The summed E-state index contributed by atoms with van der Waals surface area (Å²) in [5.74, 6) is -0.688. The zero-order chi connectivity index (χ0) is 18.9. The number of nitrogens with one attached hydrogen (secondary N) is 1. The van der Waals surface area contributed by atoms with E-state index in [-0.39, 0.29) is 31.1 Å². The highest BCUT2D eigenvalue weighted by Crippen LogP contribution is 2.33. The number of hydrogen-bond acceptors (Lipinski definition) is 3. The first-order valence-corrected chi connectivity index (χ1v) is 8.79. The van der Waals surface area contributed by atoms with Crippen molar-refractivity contribution in [1.29, 1.82) is 0 Å². The van der Waals surface area contributed by atoms with E-state index in [9.17, 15) is 22.8 Å². The number of rotatable bonds is 4. The minimum absolute atomic E-state index is 0.0160. The number of anilines is 1. The first-order valence-electron chi connectivity index (χ1n) is 7.72. The number of halogens is 4. The molecule has 1 N–H and O–H groups in total. The number of hydrogen-bond donors (Lipinski definition) is 1. The van der Waals surface area contributed by atoms with Crippen LogP contribution in [0.4, 0.5) is 18.9 Å². The predicted octanol–water partition coefficient (Wildman–Crippen LogP) is 3.89. The van der Waals surface area contributed by atoms with Gasteiger partial charge in [-0.05, 0) is 52.9 Å². The maximum atomic E-state index is 12.8. The largest absolute Gasteiger partial charge is 0.467 e. The molecule has 0 spiro atoms. The smallest absolute Gasteiger partial charge is 0.416 e. The first-order chi connectivity index (χ1) is 12.2. The van der Waals surface area contributed by atoms with Crippen molar-refractivity contribution in [2.24, 2.45) is 5.92 Å². The van der Waals surface area contributed by atoms with Gasteiger partial charge in [0.15, 0.2) is 0 Å². The van der Waals surface area contributed by atoms with Crippen LogP contribution < -0.4 is 5.32 Å². The predicted molar refractivity (Wildman–Crippen MR) is 95.0 cm³/mol. The molecule has 1 atom stereocenters. The Morgan fingerprint density at radius 3 is 2.77 bits per heavy atom. The highest BCUT2D eigenvalue weighted by molar-refractivity contribution is 14.1. The van der Waals surface area contributed by atoms with Crippen molar-refractivity contribution in [3.8, 4) is 0 Å². The lowest BCUT2D eigenvalue weighted by Gasteiger charge is -2.16. The van der Waals surface area contributed by atoms with Gasteiger partial charge in [0.1, 0.15) is 5.76 Å². The summed E-state index contributed by atoms with van der Waals surface area (Å²) in [5.41, 5.74) is -0.752. The minimum Gasteiger partial charge on any atom is -0.467 e. The maximum Gasteiger partial charge on any atom is 0.416 e. The van der Waals surface area contributed by atoms with Crippen molar-refractivity contribution in [1.82, 2.24) is 4.90 Å². The van der Waals surface area contributed by atoms with Crippen molar-refractivity contribution < 1.29 is 27.2 Å². The summed E-state index contributed by atoms with van der Waals surface area (Å²) in [4.78, 5) is 26.0. The van der Waals surface area contributed by atoms with Crippen LogP contribution in [0, 0.1) is 9.49 Å². The second-order valence-electron chi connectivity index (χ2n) is 5.94. The van der Waals surface area contributed by atoms with E-state index < -0.39 is 23.6 Å². The summed E-state index contributed by atoms with van der Waals surface area (Å²) in [6, 6.07) is 6.59. The lowest BCUT2D eigenvalue weighted by Crippen LogP contribution is -2.28. The monoisotopic (exact) mass is 478 g/mol. The van der Waals surface area contributed by atoms with Crippen LogP contribution in [0.15, 0.2) is 41.0 Å². The third kappa shape index (κ3) is 4.19. The van der Waals surface area contributed by atoms with Crippen LogP contribution in [0.2, 0.25) is 0 Å². The minimum atomic E-state index is -4.49. The van der Waals surface area contributed by atoms with Crippen LogP contribution in [0.5, 0.6) is 0 Å². The molecular weight excluding hydrogens is 464 g/mol. The fourth-order valence-electron chi connectivity index (χ4n) is 2.72. The SMILES string of the molecule is O=C(Nc1cc(C(F)(F)F)ccc1I)C1CC(=O)N(Cc2ccco2)C1. The Labute approximate surface area is 160 Å². The number of furan rings is 1. The van der Waals surface area contributed by atoms with E-state index in [2.05, 4.69) is 5.32 Å². The molecule has 1 aromatic heterocycles. The summed E-state index contributed by atoms with van der Waals surface area (Å²) in [7, 11) is 0. The Kier molecular flexibility index (Phi) is 5.26. The molecule has 1 aliphatic heterocycles. The molecule has 1 saturated heterocycles. The number of nitrogens with zero attached hydrogens (tertiary/aromatic N) is 1. The Morgan fingerprint density at radius 1 is 1.35 bits per heavy atom. The van der Waals surface area contributed by atoms with Crippen LogP contribution >= 0.6 is 22.6 Å². The zero-order valence-electron chi connectivity index (χ0n) is 13.3. The first kappa shape index (κ1) is 18.7. The number of carbonyl (C=O) groups is 2. The van der Waals surface area contributed by atoms with Crippen molar-refractivity contribution in [3.05, 3.63) is 51.5 Å². The molecule has 2 heterocycles.